The van der Waals surface area contributed by atoms with Gasteiger partial charge in [-0.2, -0.15) is 0 Å². The van der Waals surface area contributed by atoms with Crippen LogP contribution < -0.4 is 0 Å². The van der Waals surface area contributed by atoms with Crippen molar-refractivity contribution >= 4 is 5.78 Å². The number of ketones is 1. The second-order valence-corrected chi connectivity index (χ2v) is 7.14. The first-order valence-corrected chi connectivity index (χ1v) is 8.78. The maximum atomic E-state index is 12.9. The van der Waals surface area contributed by atoms with Crippen molar-refractivity contribution in [2.45, 2.75) is 78.2 Å². The first-order valence-electron chi connectivity index (χ1n) is 8.78. The van der Waals surface area contributed by atoms with E-state index in [1.54, 1.807) is 0 Å². The van der Waals surface area contributed by atoms with Crippen LogP contribution in [-0.4, -0.2) is 18.5 Å². The third-order valence-corrected chi connectivity index (χ3v) is 5.71. The molecule has 0 bridgehead atoms. The van der Waals surface area contributed by atoms with Crippen LogP contribution in [0.25, 0.3) is 0 Å². The van der Waals surface area contributed by atoms with Gasteiger partial charge in [-0.15, -0.1) is 0 Å². The highest BCUT2D eigenvalue weighted by atomic mass is 16.5. The predicted molar refractivity (Wildman–Crippen MR) is 82.7 cm³/mol. The van der Waals surface area contributed by atoms with Crippen molar-refractivity contribution in [1.82, 2.24) is 0 Å². The molecular weight excluding hydrogens is 248 g/mol. The summed E-state index contributed by atoms with van der Waals surface area (Å²) in [6.07, 6.45) is 9.54. The van der Waals surface area contributed by atoms with E-state index in [1.165, 1.54) is 38.5 Å². The minimum absolute atomic E-state index is 0.106. The largest absolute Gasteiger partial charge is 0.370 e. The second-order valence-electron chi connectivity index (χ2n) is 7.14. The summed E-state index contributed by atoms with van der Waals surface area (Å²) in [5.41, 5.74) is 0. The summed E-state index contributed by atoms with van der Waals surface area (Å²) in [4.78, 5) is 12.9. The molecule has 2 rings (SSSR count). The molecule has 2 fully saturated rings. The molecule has 0 N–H and O–H groups in total. The highest BCUT2D eigenvalue weighted by molar-refractivity contribution is 5.85. The first-order chi connectivity index (χ1) is 9.63. The smallest absolute Gasteiger partial charge is 0.164 e. The quantitative estimate of drug-likeness (QED) is 0.735. The zero-order chi connectivity index (χ0) is 14.5. The second kappa shape index (κ2) is 7.59. The van der Waals surface area contributed by atoms with Gasteiger partial charge in [0.1, 0.15) is 6.10 Å². The number of ether oxygens (including phenoxy) is 1. The minimum atomic E-state index is -0.106. The minimum Gasteiger partial charge on any atom is -0.370 e. The SMILES string of the molecule is CCOC(C(=O)C1CCC(C)C(C)C1)C1CCCCC1. The lowest BCUT2D eigenvalue weighted by Gasteiger charge is -2.36. The maximum absolute atomic E-state index is 12.9. The lowest BCUT2D eigenvalue weighted by molar-refractivity contribution is -0.140. The Bertz CT molecular complexity index is 307. The van der Waals surface area contributed by atoms with Gasteiger partial charge in [-0.3, -0.25) is 4.79 Å². The lowest BCUT2D eigenvalue weighted by Crippen LogP contribution is -2.40. The zero-order valence-corrected chi connectivity index (χ0v) is 13.6. The van der Waals surface area contributed by atoms with Crippen LogP contribution >= 0.6 is 0 Å². The molecule has 0 heterocycles. The molecule has 0 radical (unpaired) electrons. The summed E-state index contributed by atoms with van der Waals surface area (Å²) in [7, 11) is 0. The fourth-order valence-corrected chi connectivity index (χ4v) is 4.11. The van der Waals surface area contributed by atoms with E-state index in [1.807, 2.05) is 6.92 Å². The van der Waals surface area contributed by atoms with Gasteiger partial charge in [0.2, 0.25) is 0 Å². The van der Waals surface area contributed by atoms with Gasteiger partial charge in [0.05, 0.1) is 0 Å². The molecule has 0 aromatic heterocycles. The fourth-order valence-electron chi connectivity index (χ4n) is 4.11. The molecule has 2 heteroatoms. The predicted octanol–water partition coefficient (Wildman–Crippen LogP) is 4.61. The summed E-state index contributed by atoms with van der Waals surface area (Å²) in [5, 5.41) is 0. The van der Waals surface area contributed by atoms with Gasteiger partial charge in [0.15, 0.2) is 5.78 Å². The van der Waals surface area contributed by atoms with Crippen LogP contribution in [0.1, 0.15) is 72.1 Å². The molecule has 2 nitrogen and oxygen atoms in total. The van der Waals surface area contributed by atoms with Crippen molar-refractivity contribution < 1.29 is 9.53 Å². The molecule has 0 saturated heterocycles. The van der Waals surface area contributed by atoms with Crippen LogP contribution in [0.2, 0.25) is 0 Å². The van der Waals surface area contributed by atoms with Crippen molar-refractivity contribution in [3.63, 3.8) is 0 Å². The molecular formula is C18H32O2. The average Bonchev–Trinajstić information content (AvgIpc) is 2.48. The molecule has 0 aliphatic heterocycles. The van der Waals surface area contributed by atoms with E-state index in [-0.39, 0.29) is 12.0 Å². The van der Waals surface area contributed by atoms with Crippen LogP contribution in [0.4, 0.5) is 0 Å². The van der Waals surface area contributed by atoms with E-state index in [2.05, 4.69) is 13.8 Å². The van der Waals surface area contributed by atoms with Crippen LogP contribution in [0.15, 0.2) is 0 Å². The Morgan fingerprint density at radius 1 is 1.05 bits per heavy atom. The summed E-state index contributed by atoms with van der Waals surface area (Å²) in [5.74, 6) is 2.65. The first kappa shape index (κ1) is 16.0. The van der Waals surface area contributed by atoms with Gasteiger partial charge in [0.25, 0.3) is 0 Å². The molecule has 0 amide bonds. The number of carbonyl (C=O) groups is 1. The Morgan fingerprint density at radius 2 is 1.75 bits per heavy atom. The fraction of sp³-hybridized carbons (Fsp3) is 0.944. The number of carbonyl (C=O) groups excluding carboxylic acids is 1. The van der Waals surface area contributed by atoms with Gasteiger partial charge in [-0.25, -0.2) is 0 Å². The molecule has 4 atom stereocenters. The molecule has 20 heavy (non-hydrogen) atoms. The van der Waals surface area contributed by atoms with Crippen molar-refractivity contribution in [3.8, 4) is 0 Å². The molecule has 2 saturated carbocycles. The summed E-state index contributed by atoms with van der Waals surface area (Å²) in [6.45, 7) is 7.33. The standard InChI is InChI=1S/C18H32O2/c1-4-20-18(15-8-6-5-7-9-15)17(19)16-11-10-13(2)14(3)12-16/h13-16,18H,4-12H2,1-3H3. The van der Waals surface area contributed by atoms with Crippen molar-refractivity contribution in [1.29, 1.82) is 0 Å². The molecule has 4 unspecified atom stereocenters. The normalized spacial score (nSPS) is 33.9. The van der Waals surface area contributed by atoms with E-state index >= 15 is 0 Å². The van der Waals surface area contributed by atoms with E-state index < -0.39 is 0 Å². The van der Waals surface area contributed by atoms with Crippen LogP contribution in [-0.2, 0) is 9.53 Å². The van der Waals surface area contributed by atoms with E-state index in [4.69, 9.17) is 4.74 Å². The molecule has 2 aliphatic rings. The molecule has 2 aliphatic carbocycles. The molecule has 0 aromatic rings. The Hall–Kier alpha value is -0.370. The van der Waals surface area contributed by atoms with Crippen LogP contribution in [0.5, 0.6) is 0 Å². The summed E-state index contributed by atoms with van der Waals surface area (Å²) in [6, 6.07) is 0. The molecule has 116 valence electrons. The zero-order valence-electron chi connectivity index (χ0n) is 13.6. The third kappa shape index (κ3) is 3.84. The van der Waals surface area contributed by atoms with E-state index in [9.17, 15) is 4.79 Å². The average molecular weight is 280 g/mol. The number of rotatable bonds is 5. The van der Waals surface area contributed by atoms with E-state index in [0.717, 1.165) is 18.8 Å². The monoisotopic (exact) mass is 280 g/mol. The molecule has 0 aromatic carbocycles. The Labute approximate surface area is 124 Å². The van der Waals surface area contributed by atoms with Crippen molar-refractivity contribution in [2.24, 2.45) is 23.7 Å². The van der Waals surface area contributed by atoms with E-state index in [0.29, 0.717) is 24.2 Å². The topological polar surface area (TPSA) is 26.3 Å². The van der Waals surface area contributed by atoms with Crippen LogP contribution in [0, 0.1) is 23.7 Å². The van der Waals surface area contributed by atoms with Gasteiger partial charge in [-0.1, -0.05) is 33.1 Å². The Balaban J connectivity index is 1.98. The highest BCUT2D eigenvalue weighted by Gasteiger charge is 2.37. The summed E-state index contributed by atoms with van der Waals surface area (Å²) >= 11 is 0. The van der Waals surface area contributed by atoms with Crippen molar-refractivity contribution in [2.75, 3.05) is 6.61 Å². The van der Waals surface area contributed by atoms with Gasteiger partial charge >= 0.3 is 0 Å². The van der Waals surface area contributed by atoms with Crippen molar-refractivity contribution in [3.05, 3.63) is 0 Å². The highest BCUT2D eigenvalue weighted by Crippen LogP contribution is 2.37. The van der Waals surface area contributed by atoms with Gasteiger partial charge in [-0.05, 0) is 56.8 Å². The third-order valence-electron chi connectivity index (χ3n) is 5.71. The summed E-state index contributed by atoms with van der Waals surface area (Å²) < 4.78 is 5.91. The van der Waals surface area contributed by atoms with Gasteiger partial charge in [0, 0.05) is 12.5 Å². The molecule has 0 spiro atoms. The number of Topliss-reactive ketones (excluding diaryl/α,β-unsaturated/α-hetero) is 1. The Morgan fingerprint density at radius 3 is 2.35 bits per heavy atom. The lowest BCUT2D eigenvalue weighted by atomic mass is 9.71. The number of hydrogen-bond donors (Lipinski definition) is 0. The number of hydrogen-bond acceptors (Lipinski definition) is 2. The maximum Gasteiger partial charge on any atom is 0.164 e. The Kier molecular flexibility index (Phi) is 6.07. The van der Waals surface area contributed by atoms with Crippen LogP contribution in [0.3, 0.4) is 0 Å². The van der Waals surface area contributed by atoms with Gasteiger partial charge < -0.3 is 4.74 Å².